The lowest BCUT2D eigenvalue weighted by molar-refractivity contribution is -0.126. The van der Waals surface area contributed by atoms with E-state index in [-0.39, 0.29) is 23.2 Å². The number of amides is 2. The zero-order valence-electron chi connectivity index (χ0n) is 17.8. The van der Waals surface area contributed by atoms with Crippen LogP contribution in [0.25, 0.3) is 0 Å². The van der Waals surface area contributed by atoms with Crippen LogP contribution in [-0.2, 0) is 4.79 Å². The first-order valence-corrected chi connectivity index (χ1v) is 10.8. The number of thioether (sulfide) groups is 1. The molecule has 2 aromatic rings. The number of carbonyl (C=O) groups excluding carboxylic acids is 2. The molecule has 2 aliphatic heterocycles. The molecule has 1 N–H and O–H groups in total. The summed E-state index contributed by atoms with van der Waals surface area (Å²) in [5, 5.41) is 2.87. The third-order valence-electron chi connectivity index (χ3n) is 5.80. The van der Waals surface area contributed by atoms with Gasteiger partial charge in [-0.1, -0.05) is 36.4 Å². The Morgan fingerprint density at radius 2 is 1.83 bits per heavy atom. The predicted octanol–water partition coefficient (Wildman–Crippen LogP) is 3.93. The van der Waals surface area contributed by atoms with Crippen molar-refractivity contribution in [3.8, 4) is 11.5 Å². The van der Waals surface area contributed by atoms with E-state index in [1.165, 1.54) is 7.11 Å². The van der Waals surface area contributed by atoms with E-state index in [1.807, 2.05) is 63.2 Å². The predicted molar refractivity (Wildman–Crippen MR) is 117 cm³/mol. The summed E-state index contributed by atoms with van der Waals surface area (Å²) in [6.07, 6.45) is 0. The van der Waals surface area contributed by atoms with Crippen molar-refractivity contribution in [2.45, 2.75) is 43.0 Å². The highest BCUT2D eigenvalue weighted by Gasteiger charge is 2.58. The van der Waals surface area contributed by atoms with Gasteiger partial charge in [0, 0.05) is 10.3 Å². The SMILES string of the molecule is COc1ccc2c(c1OC)C(=O)N1[C@@H]2SC(C)(C)[C@H]1C(=O)N[C@H](C)c1ccccc1. The fraction of sp³-hybridized carbons (Fsp3) is 0.391. The summed E-state index contributed by atoms with van der Waals surface area (Å²) < 4.78 is 10.4. The highest BCUT2D eigenvalue weighted by Crippen LogP contribution is 2.58. The van der Waals surface area contributed by atoms with Gasteiger partial charge in [0.2, 0.25) is 5.91 Å². The van der Waals surface area contributed by atoms with E-state index in [9.17, 15) is 9.59 Å². The molecule has 30 heavy (non-hydrogen) atoms. The molecule has 2 heterocycles. The van der Waals surface area contributed by atoms with Gasteiger partial charge in [-0.05, 0) is 32.4 Å². The topological polar surface area (TPSA) is 67.9 Å². The molecule has 2 aromatic carbocycles. The van der Waals surface area contributed by atoms with Gasteiger partial charge in [0.25, 0.3) is 5.91 Å². The Kier molecular flexibility index (Phi) is 5.18. The van der Waals surface area contributed by atoms with E-state index in [1.54, 1.807) is 23.8 Å². The van der Waals surface area contributed by atoms with Crippen molar-refractivity contribution < 1.29 is 19.1 Å². The molecule has 3 atom stereocenters. The van der Waals surface area contributed by atoms with Gasteiger partial charge in [-0.2, -0.15) is 0 Å². The molecule has 0 radical (unpaired) electrons. The van der Waals surface area contributed by atoms with Crippen LogP contribution < -0.4 is 14.8 Å². The van der Waals surface area contributed by atoms with Gasteiger partial charge in [-0.3, -0.25) is 9.59 Å². The van der Waals surface area contributed by atoms with Gasteiger partial charge in [0.15, 0.2) is 11.5 Å². The van der Waals surface area contributed by atoms with E-state index in [0.29, 0.717) is 17.1 Å². The quantitative estimate of drug-likeness (QED) is 0.785. The smallest absolute Gasteiger partial charge is 0.260 e. The fourth-order valence-electron chi connectivity index (χ4n) is 4.37. The van der Waals surface area contributed by atoms with E-state index in [4.69, 9.17) is 9.47 Å². The maximum Gasteiger partial charge on any atom is 0.260 e. The minimum absolute atomic E-state index is 0.154. The van der Waals surface area contributed by atoms with Gasteiger partial charge in [0.05, 0.1) is 25.8 Å². The number of nitrogens with one attached hydrogen (secondary N) is 1. The van der Waals surface area contributed by atoms with Gasteiger partial charge >= 0.3 is 0 Å². The first-order valence-electron chi connectivity index (χ1n) is 9.90. The Hall–Kier alpha value is -2.67. The molecule has 2 aliphatic rings. The van der Waals surface area contributed by atoms with Crippen LogP contribution >= 0.6 is 11.8 Å². The molecule has 4 rings (SSSR count). The van der Waals surface area contributed by atoms with Crippen molar-refractivity contribution in [1.29, 1.82) is 0 Å². The molecule has 0 bridgehead atoms. The zero-order chi connectivity index (χ0) is 21.6. The first-order chi connectivity index (χ1) is 14.3. The van der Waals surface area contributed by atoms with E-state index >= 15 is 0 Å². The summed E-state index contributed by atoms with van der Waals surface area (Å²) in [6, 6.07) is 12.8. The van der Waals surface area contributed by atoms with E-state index in [2.05, 4.69) is 5.32 Å². The number of nitrogens with zero attached hydrogens (tertiary/aromatic N) is 1. The van der Waals surface area contributed by atoms with Crippen LogP contribution in [0.3, 0.4) is 0 Å². The maximum absolute atomic E-state index is 13.5. The molecule has 158 valence electrons. The van der Waals surface area contributed by atoms with E-state index < -0.39 is 10.8 Å². The Bertz CT molecular complexity index is 992. The normalized spacial score (nSPS) is 22.3. The average Bonchev–Trinajstić information content (AvgIpc) is 3.16. The molecular weight excluding hydrogens is 400 g/mol. The van der Waals surface area contributed by atoms with Crippen LogP contribution in [0.1, 0.15) is 53.7 Å². The van der Waals surface area contributed by atoms with Crippen LogP contribution in [0.15, 0.2) is 42.5 Å². The van der Waals surface area contributed by atoms with Crippen molar-refractivity contribution in [1.82, 2.24) is 10.2 Å². The molecule has 0 aromatic heterocycles. The Labute approximate surface area is 180 Å². The lowest BCUT2D eigenvalue weighted by Gasteiger charge is -2.30. The highest BCUT2D eigenvalue weighted by atomic mass is 32.2. The highest BCUT2D eigenvalue weighted by molar-refractivity contribution is 8.01. The summed E-state index contributed by atoms with van der Waals surface area (Å²) in [5.41, 5.74) is 2.37. The number of hydrogen-bond acceptors (Lipinski definition) is 5. The summed E-state index contributed by atoms with van der Waals surface area (Å²) in [6.45, 7) is 5.98. The Morgan fingerprint density at radius 1 is 1.13 bits per heavy atom. The van der Waals surface area contributed by atoms with Crippen LogP contribution in [0.2, 0.25) is 0 Å². The summed E-state index contributed by atoms with van der Waals surface area (Å²) in [5.74, 6) is 0.577. The summed E-state index contributed by atoms with van der Waals surface area (Å²) >= 11 is 1.62. The molecule has 7 heteroatoms. The van der Waals surface area contributed by atoms with Crippen LogP contribution in [0, 0.1) is 0 Å². The molecule has 6 nitrogen and oxygen atoms in total. The van der Waals surface area contributed by atoms with Crippen molar-refractivity contribution >= 4 is 23.6 Å². The monoisotopic (exact) mass is 426 g/mol. The molecule has 2 amide bonds. The molecule has 1 saturated heterocycles. The van der Waals surface area contributed by atoms with Crippen molar-refractivity contribution in [2.75, 3.05) is 14.2 Å². The van der Waals surface area contributed by atoms with Crippen LogP contribution in [0.4, 0.5) is 0 Å². The number of rotatable bonds is 5. The fourth-order valence-corrected chi connectivity index (χ4v) is 5.95. The number of hydrogen-bond donors (Lipinski definition) is 1. The lowest BCUT2D eigenvalue weighted by atomic mass is 9.99. The van der Waals surface area contributed by atoms with Crippen molar-refractivity contribution in [3.63, 3.8) is 0 Å². The zero-order valence-corrected chi connectivity index (χ0v) is 18.6. The second-order valence-electron chi connectivity index (χ2n) is 8.09. The van der Waals surface area contributed by atoms with E-state index in [0.717, 1.165) is 11.1 Å². The van der Waals surface area contributed by atoms with Crippen molar-refractivity contribution in [3.05, 3.63) is 59.2 Å². The van der Waals surface area contributed by atoms with Crippen LogP contribution in [0.5, 0.6) is 11.5 Å². The number of methoxy groups -OCH3 is 2. The molecule has 0 spiro atoms. The molecule has 0 unspecified atom stereocenters. The van der Waals surface area contributed by atoms with Gasteiger partial charge in [-0.15, -0.1) is 11.8 Å². The number of carbonyl (C=O) groups is 2. The number of fused-ring (bicyclic) bond motifs is 3. The molecule has 0 aliphatic carbocycles. The average molecular weight is 427 g/mol. The Morgan fingerprint density at radius 3 is 2.47 bits per heavy atom. The van der Waals surface area contributed by atoms with Gasteiger partial charge in [0.1, 0.15) is 11.4 Å². The summed E-state index contributed by atoms with van der Waals surface area (Å²) in [7, 11) is 3.07. The minimum atomic E-state index is -0.603. The largest absolute Gasteiger partial charge is 0.493 e. The third-order valence-corrected chi connectivity index (χ3v) is 7.34. The first kappa shape index (κ1) is 20.6. The molecule has 1 fully saturated rings. The van der Waals surface area contributed by atoms with Crippen LogP contribution in [-0.4, -0.2) is 41.7 Å². The molecule has 0 saturated carbocycles. The minimum Gasteiger partial charge on any atom is -0.493 e. The second-order valence-corrected chi connectivity index (χ2v) is 9.83. The standard InChI is InChI=1S/C23H26N2O4S/c1-13(14-9-7-6-8-10-14)24-20(26)19-23(2,3)30-22-15-11-12-16(28-4)18(29-5)17(15)21(27)25(19)22/h6-13,19,22H,1-5H3,(H,24,26)/t13-,19-,22-/m1/s1. The summed E-state index contributed by atoms with van der Waals surface area (Å²) in [4.78, 5) is 28.6. The number of ether oxygens (including phenoxy) is 2. The number of benzene rings is 2. The van der Waals surface area contributed by atoms with Crippen molar-refractivity contribution in [2.24, 2.45) is 0 Å². The Balaban J connectivity index is 1.67. The molecular formula is C23H26N2O4S. The van der Waals surface area contributed by atoms with Gasteiger partial charge < -0.3 is 19.7 Å². The third kappa shape index (κ3) is 3.12. The maximum atomic E-state index is 13.5. The van der Waals surface area contributed by atoms with Gasteiger partial charge in [-0.25, -0.2) is 0 Å². The lowest BCUT2D eigenvalue weighted by Crippen LogP contribution is -2.52. The second kappa shape index (κ2) is 7.54.